The first-order valence-corrected chi connectivity index (χ1v) is 7.69. The number of rotatable bonds is 5. The predicted octanol–water partition coefficient (Wildman–Crippen LogP) is 2.30. The number of benzene rings is 1. The number of ether oxygens (including phenoxy) is 2. The second-order valence-corrected chi connectivity index (χ2v) is 5.94. The van der Waals surface area contributed by atoms with Gasteiger partial charge in [-0.1, -0.05) is 6.07 Å². The molecule has 0 aliphatic heterocycles. The summed E-state index contributed by atoms with van der Waals surface area (Å²) in [6, 6.07) is 7.18. The van der Waals surface area contributed by atoms with Crippen molar-refractivity contribution in [1.82, 2.24) is 4.98 Å². The van der Waals surface area contributed by atoms with Crippen molar-refractivity contribution in [3.05, 3.63) is 41.7 Å². The van der Waals surface area contributed by atoms with Gasteiger partial charge in [0.1, 0.15) is 0 Å². The highest BCUT2D eigenvalue weighted by Crippen LogP contribution is 2.31. The molecule has 1 atom stereocenters. The fourth-order valence-electron chi connectivity index (χ4n) is 1.99. The molecule has 0 amide bonds. The van der Waals surface area contributed by atoms with Crippen molar-refractivity contribution in [3.8, 4) is 11.5 Å². The van der Waals surface area contributed by atoms with Crippen molar-refractivity contribution >= 4 is 16.5 Å². The molecule has 0 bridgehead atoms. The van der Waals surface area contributed by atoms with Crippen LogP contribution in [0, 0.1) is 6.92 Å². The first kappa shape index (κ1) is 15.3. The van der Waals surface area contributed by atoms with Crippen LogP contribution in [0.25, 0.3) is 0 Å². The lowest BCUT2D eigenvalue weighted by Gasteiger charge is -2.12. The molecule has 0 saturated carbocycles. The standard InChI is InChI=1S/C15H18N2O3S/c1-10-4-5-11(16)14(8-10)21(18)9-12-15(20-3)13(19-2)6-7-17-12/h4-8H,9,16H2,1-3H3. The molecule has 1 heterocycles. The van der Waals surface area contributed by atoms with E-state index >= 15 is 0 Å². The molecule has 0 radical (unpaired) electrons. The van der Waals surface area contributed by atoms with Gasteiger partial charge in [0.2, 0.25) is 0 Å². The minimum absolute atomic E-state index is 0.216. The average Bonchev–Trinajstić information content (AvgIpc) is 2.49. The molecule has 2 rings (SSSR count). The number of pyridine rings is 1. The zero-order chi connectivity index (χ0) is 15.4. The fraction of sp³-hybridized carbons (Fsp3) is 0.267. The van der Waals surface area contributed by atoms with Gasteiger partial charge in [0.05, 0.1) is 41.4 Å². The van der Waals surface area contributed by atoms with Crippen molar-refractivity contribution in [2.24, 2.45) is 0 Å². The lowest BCUT2D eigenvalue weighted by atomic mass is 10.2. The summed E-state index contributed by atoms with van der Waals surface area (Å²) in [5, 5.41) is 0. The van der Waals surface area contributed by atoms with Crippen molar-refractivity contribution < 1.29 is 13.7 Å². The third-order valence-electron chi connectivity index (χ3n) is 3.05. The normalized spacial score (nSPS) is 12.0. The van der Waals surface area contributed by atoms with Gasteiger partial charge in [-0.05, 0) is 24.6 Å². The van der Waals surface area contributed by atoms with Gasteiger partial charge in [0.25, 0.3) is 0 Å². The van der Waals surface area contributed by atoms with Gasteiger partial charge in [0.15, 0.2) is 11.5 Å². The molecule has 2 N–H and O–H groups in total. The number of nitrogens with two attached hydrogens (primary N) is 1. The van der Waals surface area contributed by atoms with E-state index in [9.17, 15) is 4.21 Å². The van der Waals surface area contributed by atoms with Crippen LogP contribution in [0.1, 0.15) is 11.3 Å². The first-order chi connectivity index (χ1) is 10.1. The Morgan fingerprint density at radius 2 is 2.00 bits per heavy atom. The SMILES string of the molecule is COc1ccnc(CS(=O)c2cc(C)ccc2N)c1OC. The number of hydrogen-bond donors (Lipinski definition) is 1. The van der Waals surface area contributed by atoms with Crippen molar-refractivity contribution in [3.63, 3.8) is 0 Å². The molecule has 1 aromatic heterocycles. The lowest BCUT2D eigenvalue weighted by molar-refractivity contribution is 0.350. The van der Waals surface area contributed by atoms with Crippen LogP contribution < -0.4 is 15.2 Å². The first-order valence-electron chi connectivity index (χ1n) is 6.37. The van der Waals surface area contributed by atoms with Crippen LogP contribution in [0.4, 0.5) is 5.69 Å². The maximum atomic E-state index is 12.5. The van der Waals surface area contributed by atoms with Crippen LogP contribution in [-0.4, -0.2) is 23.4 Å². The lowest BCUT2D eigenvalue weighted by Crippen LogP contribution is -2.05. The van der Waals surface area contributed by atoms with Gasteiger partial charge in [-0.2, -0.15) is 0 Å². The van der Waals surface area contributed by atoms with Crippen molar-refractivity contribution in [2.45, 2.75) is 17.6 Å². The van der Waals surface area contributed by atoms with Crippen LogP contribution in [0.5, 0.6) is 11.5 Å². The molecule has 2 aromatic rings. The quantitative estimate of drug-likeness (QED) is 0.858. The summed E-state index contributed by atoms with van der Waals surface area (Å²) in [7, 11) is 1.79. The maximum Gasteiger partial charge on any atom is 0.183 e. The van der Waals surface area contributed by atoms with Crippen molar-refractivity contribution in [2.75, 3.05) is 20.0 Å². The Hall–Kier alpha value is -2.08. The highest BCUT2D eigenvalue weighted by atomic mass is 32.2. The van der Waals surface area contributed by atoms with E-state index in [4.69, 9.17) is 15.2 Å². The third-order valence-corrected chi connectivity index (χ3v) is 4.43. The summed E-state index contributed by atoms with van der Waals surface area (Å²) < 4.78 is 23.1. The van der Waals surface area contributed by atoms with E-state index in [0.29, 0.717) is 27.8 Å². The number of aromatic nitrogens is 1. The molecule has 1 unspecified atom stereocenters. The molecule has 6 heteroatoms. The second kappa shape index (κ2) is 6.58. The highest BCUT2D eigenvalue weighted by Gasteiger charge is 2.16. The molecule has 5 nitrogen and oxygen atoms in total. The number of aryl methyl sites for hydroxylation is 1. The van der Waals surface area contributed by atoms with Gasteiger partial charge in [-0.25, -0.2) is 0 Å². The van der Waals surface area contributed by atoms with Gasteiger partial charge >= 0.3 is 0 Å². The number of nitrogen functional groups attached to an aromatic ring is 1. The largest absolute Gasteiger partial charge is 0.493 e. The Balaban J connectivity index is 2.34. The van der Waals surface area contributed by atoms with E-state index in [-0.39, 0.29) is 5.75 Å². The second-order valence-electron chi connectivity index (χ2n) is 4.52. The molecular weight excluding hydrogens is 288 g/mol. The summed E-state index contributed by atoms with van der Waals surface area (Å²) in [5.41, 5.74) is 8.01. The fourth-order valence-corrected chi connectivity index (χ4v) is 3.25. The van der Waals surface area contributed by atoms with E-state index in [1.807, 2.05) is 19.1 Å². The molecule has 0 fully saturated rings. The minimum Gasteiger partial charge on any atom is -0.493 e. The van der Waals surface area contributed by atoms with E-state index in [1.54, 1.807) is 25.4 Å². The zero-order valence-corrected chi connectivity index (χ0v) is 13.1. The molecular formula is C15H18N2O3S. The zero-order valence-electron chi connectivity index (χ0n) is 12.3. The maximum absolute atomic E-state index is 12.5. The summed E-state index contributed by atoms with van der Waals surface area (Å²) in [6.07, 6.45) is 1.60. The number of anilines is 1. The molecule has 0 aliphatic rings. The van der Waals surface area contributed by atoms with Gasteiger partial charge in [0, 0.05) is 18.0 Å². The molecule has 0 spiro atoms. The monoisotopic (exact) mass is 306 g/mol. The van der Waals surface area contributed by atoms with Crippen molar-refractivity contribution in [1.29, 1.82) is 0 Å². The summed E-state index contributed by atoms with van der Waals surface area (Å²) in [5.74, 6) is 1.28. The van der Waals surface area contributed by atoms with E-state index in [2.05, 4.69) is 4.98 Å². The predicted molar refractivity (Wildman–Crippen MR) is 83.0 cm³/mol. The Morgan fingerprint density at radius 1 is 1.24 bits per heavy atom. The molecule has 0 aliphatic carbocycles. The Bertz CT molecular complexity index is 674. The van der Waals surface area contributed by atoms with Crippen LogP contribution in [0.3, 0.4) is 0 Å². The molecule has 1 aromatic carbocycles. The Kier molecular flexibility index (Phi) is 4.80. The number of methoxy groups -OCH3 is 2. The average molecular weight is 306 g/mol. The Labute approximate surface area is 126 Å². The van der Waals surface area contributed by atoms with Crippen LogP contribution in [0.15, 0.2) is 35.4 Å². The summed E-state index contributed by atoms with van der Waals surface area (Å²) in [6.45, 7) is 1.94. The van der Waals surface area contributed by atoms with E-state index < -0.39 is 10.8 Å². The highest BCUT2D eigenvalue weighted by molar-refractivity contribution is 7.84. The van der Waals surface area contributed by atoms with Crippen LogP contribution >= 0.6 is 0 Å². The van der Waals surface area contributed by atoms with Gasteiger partial charge < -0.3 is 15.2 Å². The van der Waals surface area contributed by atoms with Gasteiger partial charge in [-0.3, -0.25) is 9.19 Å². The van der Waals surface area contributed by atoms with Crippen LogP contribution in [0.2, 0.25) is 0 Å². The summed E-state index contributed by atoms with van der Waals surface area (Å²) in [4.78, 5) is 4.85. The van der Waals surface area contributed by atoms with Crippen LogP contribution in [-0.2, 0) is 16.6 Å². The van der Waals surface area contributed by atoms with E-state index in [1.165, 1.54) is 7.11 Å². The molecule has 0 saturated heterocycles. The minimum atomic E-state index is -1.30. The third kappa shape index (κ3) is 3.33. The number of nitrogens with zero attached hydrogens (tertiary/aromatic N) is 1. The summed E-state index contributed by atoms with van der Waals surface area (Å²) >= 11 is 0. The van der Waals surface area contributed by atoms with Gasteiger partial charge in [-0.15, -0.1) is 0 Å². The Morgan fingerprint density at radius 3 is 2.67 bits per heavy atom. The molecule has 21 heavy (non-hydrogen) atoms. The van der Waals surface area contributed by atoms with E-state index in [0.717, 1.165) is 5.56 Å². The molecule has 112 valence electrons. The smallest absolute Gasteiger partial charge is 0.183 e. The topological polar surface area (TPSA) is 74.4 Å². The number of hydrogen-bond acceptors (Lipinski definition) is 5.